The first-order valence-electron chi connectivity index (χ1n) is 10.8. The van der Waals surface area contributed by atoms with E-state index in [1.54, 1.807) is 30.5 Å². The molecule has 2 aliphatic rings. The van der Waals surface area contributed by atoms with Crippen molar-refractivity contribution < 1.29 is 13.2 Å². The number of benzene rings is 1. The van der Waals surface area contributed by atoms with Crippen molar-refractivity contribution in [1.82, 2.24) is 19.9 Å². The molecule has 0 bridgehead atoms. The van der Waals surface area contributed by atoms with E-state index < -0.39 is 14.9 Å². The van der Waals surface area contributed by atoms with Gasteiger partial charge in [-0.2, -0.15) is 0 Å². The number of dihydropyridines is 1. The highest BCUT2D eigenvalue weighted by Gasteiger charge is 2.43. The van der Waals surface area contributed by atoms with Crippen LogP contribution in [0.2, 0.25) is 0 Å². The van der Waals surface area contributed by atoms with E-state index in [1.165, 1.54) is 32.4 Å². The number of ether oxygens (including phenoxy) is 1. The minimum Gasteiger partial charge on any atom is -0.496 e. The van der Waals surface area contributed by atoms with Gasteiger partial charge in [-0.15, -0.1) is 0 Å². The van der Waals surface area contributed by atoms with Crippen LogP contribution in [-0.2, 0) is 14.9 Å². The maximum Gasteiger partial charge on any atom is 0.241 e. The Bertz CT molecular complexity index is 1390. The van der Waals surface area contributed by atoms with Crippen molar-refractivity contribution in [3.8, 4) is 16.9 Å². The number of allylic oxidation sites excluding steroid dienone is 2. The highest BCUT2D eigenvalue weighted by Crippen LogP contribution is 2.42. The highest BCUT2D eigenvalue weighted by molar-refractivity contribution is 7.90. The first kappa shape index (κ1) is 21.5. The van der Waals surface area contributed by atoms with Crippen molar-refractivity contribution in [2.75, 3.05) is 12.8 Å². The molecule has 2 aromatic heterocycles. The van der Waals surface area contributed by atoms with Gasteiger partial charge in [-0.05, 0) is 42.8 Å². The number of nitrogens with zero attached hydrogens (tertiary/aromatic N) is 3. The van der Waals surface area contributed by atoms with Gasteiger partial charge in [0.15, 0.2) is 0 Å². The van der Waals surface area contributed by atoms with E-state index in [2.05, 4.69) is 26.0 Å². The van der Waals surface area contributed by atoms with Crippen LogP contribution in [0.1, 0.15) is 37.3 Å². The fourth-order valence-electron chi connectivity index (χ4n) is 4.92. The molecule has 0 radical (unpaired) electrons. The standard InChI is InChI=1S/C23H26N6O3S/c1-32-19-12-15(8-9-18(19)23(33(25,30)31)10-4-5-11-28-23)17-13-29(16-6-2-3-7-16)22-20(17)21(24)26-14-27-22/h4-5,8-14,16,28H,2-3,6-7H2,1H3,(H2,24,26,27)(H2,25,30,31). The third-order valence-corrected chi connectivity index (χ3v) is 7.93. The van der Waals surface area contributed by atoms with E-state index in [1.807, 2.05) is 6.07 Å². The minimum absolute atomic E-state index is 0.366. The first-order chi connectivity index (χ1) is 15.9. The lowest BCUT2D eigenvalue weighted by Crippen LogP contribution is -2.49. The lowest BCUT2D eigenvalue weighted by Gasteiger charge is -2.32. The molecule has 3 heterocycles. The number of aromatic nitrogens is 3. The average Bonchev–Trinajstić information content (AvgIpc) is 3.47. The molecule has 0 saturated heterocycles. The smallest absolute Gasteiger partial charge is 0.241 e. The Balaban J connectivity index is 1.70. The summed E-state index contributed by atoms with van der Waals surface area (Å²) in [5.41, 5.74) is 9.16. The van der Waals surface area contributed by atoms with Gasteiger partial charge in [-0.1, -0.05) is 31.1 Å². The summed E-state index contributed by atoms with van der Waals surface area (Å²) in [6.45, 7) is 0. The highest BCUT2D eigenvalue weighted by atomic mass is 32.2. The molecule has 172 valence electrons. The van der Waals surface area contributed by atoms with Crippen LogP contribution >= 0.6 is 0 Å². The molecule has 9 nitrogen and oxygen atoms in total. The third-order valence-electron chi connectivity index (χ3n) is 6.55. The number of nitrogens with two attached hydrogens (primary N) is 2. The lowest BCUT2D eigenvalue weighted by molar-refractivity contribution is 0.401. The van der Waals surface area contributed by atoms with Crippen LogP contribution in [0.15, 0.2) is 55.2 Å². The zero-order chi connectivity index (χ0) is 23.2. The van der Waals surface area contributed by atoms with Crippen molar-refractivity contribution >= 4 is 26.9 Å². The molecule has 33 heavy (non-hydrogen) atoms. The number of nitrogen functional groups attached to an aromatic ring is 1. The Hall–Kier alpha value is -3.37. The average molecular weight is 467 g/mol. The second-order valence-corrected chi connectivity index (χ2v) is 10.1. The number of hydrogen-bond acceptors (Lipinski definition) is 7. The molecule has 5 rings (SSSR count). The number of anilines is 1. The van der Waals surface area contributed by atoms with Gasteiger partial charge in [-0.25, -0.2) is 23.5 Å². The topological polar surface area (TPSA) is 138 Å². The van der Waals surface area contributed by atoms with Crippen LogP contribution in [0.5, 0.6) is 5.75 Å². The molecule has 1 aliphatic heterocycles. The van der Waals surface area contributed by atoms with Gasteiger partial charge in [0.05, 0.1) is 12.5 Å². The van der Waals surface area contributed by atoms with E-state index in [0.29, 0.717) is 23.2 Å². The monoisotopic (exact) mass is 466 g/mol. The summed E-state index contributed by atoms with van der Waals surface area (Å²) in [6, 6.07) is 5.73. The summed E-state index contributed by atoms with van der Waals surface area (Å²) in [6.07, 6.45) is 14.5. The van der Waals surface area contributed by atoms with Crippen molar-refractivity contribution in [3.63, 3.8) is 0 Å². The molecule has 0 spiro atoms. The summed E-state index contributed by atoms with van der Waals surface area (Å²) >= 11 is 0. The van der Waals surface area contributed by atoms with Gasteiger partial charge in [-0.3, -0.25) is 0 Å². The van der Waals surface area contributed by atoms with Crippen LogP contribution in [0.3, 0.4) is 0 Å². The van der Waals surface area contributed by atoms with E-state index in [4.69, 9.17) is 15.6 Å². The Morgan fingerprint density at radius 3 is 2.67 bits per heavy atom. The van der Waals surface area contributed by atoms with Gasteiger partial charge in [0.2, 0.25) is 14.9 Å². The first-order valence-corrected chi connectivity index (χ1v) is 12.3. The fraction of sp³-hybridized carbons (Fsp3) is 0.304. The number of nitrogens with one attached hydrogen (secondary N) is 1. The molecule has 1 fully saturated rings. The second kappa shape index (κ2) is 7.89. The van der Waals surface area contributed by atoms with Gasteiger partial charge in [0, 0.05) is 23.4 Å². The number of primary sulfonamides is 1. The number of hydrogen-bond donors (Lipinski definition) is 3. The van der Waals surface area contributed by atoms with E-state index in [9.17, 15) is 8.42 Å². The van der Waals surface area contributed by atoms with Gasteiger partial charge in [0.1, 0.15) is 23.5 Å². The van der Waals surface area contributed by atoms with Crippen molar-refractivity contribution in [1.29, 1.82) is 0 Å². The molecule has 1 atom stereocenters. The predicted octanol–water partition coefficient (Wildman–Crippen LogP) is 2.92. The maximum atomic E-state index is 12.6. The summed E-state index contributed by atoms with van der Waals surface area (Å²) in [5.74, 6) is 0.781. The quantitative estimate of drug-likeness (QED) is 0.525. The van der Waals surface area contributed by atoms with Crippen LogP contribution in [0.25, 0.3) is 22.2 Å². The molecule has 1 unspecified atom stereocenters. The molecule has 3 aromatic rings. The zero-order valence-corrected chi connectivity index (χ0v) is 19.0. The van der Waals surface area contributed by atoms with E-state index >= 15 is 0 Å². The van der Waals surface area contributed by atoms with Crippen LogP contribution in [0, 0.1) is 0 Å². The molecule has 1 saturated carbocycles. The lowest BCUT2D eigenvalue weighted by atomic mass is 9.98. The minimum atomic E-state index is -4.07. The SMILES string of the molecule is COc1cc(-c2cn(C3CCCC3)c3ncnc(N)c23)ccc1C1(S(N)(=O)=O)C=CC=CN1. The molecule has 10 heteroatoms. The fourth-order valence-corrected chi connectivity index (χ4v) is 5.89. The molecular weight excluding hydrogens is 440 g/mol. The number of rotatable bonds is 5. The Morgan fingerprint density at radius 1 is 1.21 bits per heavy atom. The molecule has 0 amide bonds. The summed E-state index contributed by atoms with van der Waals surface area (Å²) in [4.78, 5) is 7.10. The Kier molecular flexibility index (Phi) is 5.13. The van der Waals surface area contributed by atoms with Crippen molar-refractivity contribution in [3.05, 3.63) is 60.7 Å². The molecule has 5 N–H and O–H groups in total. The normalized spacial score (nSPS) is 20.9. The number of sulfonamides is 1. The van der Waals surface area contributed by atoms with Gasteiger partial charge in [0.25, 0.3) is 0 Å². The number of methoxy groups -OCH3 is 1. The van der Waals surface area contributed by atoms with Crippen LogP contribution < -0.4 is 20.9 Å². The molecule has 1 aliphatic carbocycles. The maximum absolute atomic E-state index is 12.6. The van der Waals surface area contributed by atoms with Gasteiger partial charge >= 0.3 is 0 Å². The van der Waals surface area contributed by atoms with E-state index in [-0.39, 0.29) is 0 Å². The molecular formula is C23H26N6O3S. The van der Waals surface area contributed by atoms with Crippen molar-refractivity contribution in [2.24, 2.45) is 5.14 Å². The summed E-state index contributed by atoms with van der Waals surface area (Å²) in [5, 5.41) is 9.33. The predicted molar refractivity (Wildman–Crippen MR) is 128 cm³/mol. The zero-order valence-electron chi connectivity index (χ0n) is 18.2. The second-order valence-electron chi connectivity index (χ2n) is 8.40. The Labute approximate surface area is 192 Å². The van der Waals surface area contributed by atoms with Gasteiger partial charge < -0.3 is 20.4 Å². The van der Waals surface area contributed by atoms with Crippen molar-refractivity contribution in [2.45, 2.75) is 36.6 Å². The van der Waals surface area contributed by atoms with E-state index in [0.717, 1.165) is 35.0 Å². The summed E-state index contributed by atoms with van der Waals surface area (Å²) < 4.78 is 33.1. The third kappa shape index (κ3) is 3.37. The van der Waals surface area contributed by atoms with Crippen LogP contribution in [0.4, 0.5) is 5.82 Å². The Morgan fingerprint density at radius 2 is 2.00 bits per heavy atom. The van der Waals surface area contributed by atoms with Crippen LogP contribution in [-0.4, -0.2) is 30.1 Å². The number of fused-ring (bicyclic) bond motifs is 1. The molecule has 1 aromatic carbocycles. The largest absolute Gasteiger partial charge is 0.496 e. The summed E-state index contributed by atoms with van der Waals surface area (Å²) in [7, 11) is -2.57.